The normalized spacial score (nSPS) is 17.9. The second kappa shape index (κ2) is 8.73. The maximum atomic E-state index is 13.1. The van der Waals surface area contributed by atoms with Crippen LogP contribution in [0.1, 0.15) is 41.2 Å². The summed E-state index contributed by atoms with van der Waals surface area (Å²) in [6.45, 7) is 2.67. The summed E-state index contributed by atoms with van der Waals surface area (Å²) >= 11 is 0. The first-order valence-electron chi connectivity index (χ1n) is 8.64. The van der Waals surface area contributed by atoms with Crippen LogP contribution in [-0.2, 0) is 17.9 Å². The molecule has 7 heteroatoms. The van der Waals surface area contributed by atoms with E-state index in [1.54, 1.807) is 19.4 Å². The van der Waals surface area contributed by atoms with Crippen molar-refractivity contribution in [1.29, 1.82) is 0 Å². The standard InChI is InChI=1S/C18H24N4O3/c1-24-13-16-11-17(21-25-16)18(23)22(12-14-5-2-3-9-20-14)15-6-4-8-19-10-7-15/h2-3,5,9,11,15,19H,4,6-8,10,12-13H2,1H3. The molecule has 1 aliphatic heterocycles. The molecule has 1 amide bonds. The molecular formula is C18H24N4O3. The quantitative estimate of drug-likeness (QED) is 0.863. The lowest BCUT2D eigenvalue weighted by Gasteiger charge is -2.30. The molecule has 0 bridgehead atoms. The number of rotatable bonds is 6. The van der Waals surface area contributed by atoms with Crippen molar-refractivity contribution in [2.45, 2.75) is 38.5 Å². The number of hydrogen-bond donors (Lipinski definition) is 1. The van der Waals surface area contributed by atoms with Crippen molar-refractivity contribution < 1.29 is 14.1 Å². The van der Waals surface area contributed by atoms with Crippen LogP contribution in [-0.4, -0.2) is 47.2 Å². The second-order valence-corrected chi connectivity index (χ2v) is 6.20. The smallest absolute Gasteiger partial charge is 0.276 e. The summed E-state index contributed by atoms with van der Waals surface area (Å²) in [6.07, 6.45) is 4.68. The van der Waals surface area contributed by atoms with E-state index in [2.05, 4.69) is 15.5 Å². The molecule has 1 N–H and O–H groups in total. The van der Waals surface area contributed by atoms with Crippen LogP contribution in [0, 0.1) is 0 Å². The highest BCUT2D eigenvalue weighted by Gasteiger charge is 2.28. The Hall–Kier alpha value is -2.25. The van der Waals surface area contributed by atoms with Crippen molar-refractivity contribution in [2.75, 3.05) is 20.2 Å². The molecule has 2 aromatic rings. The van der Waals surface area contributed by atoms with E-state index in [1.807, 2.05) is 23.1 Å². The van der Waals surface area contributed by atoms with Gasteiger partial charge in [-0.15, -0.1) is 0 Å². The van der Waals surface area contributed by atoms with Gasteiger partial charge in [0.15, 0.2) is 11.5 Å². The van der Waals surface area contributed by atoms with Crippen LogP contribution in [0.2, 0.25) is 0 Å². The Balaban J connectivity index is 1.81. The summed E-state index contributed by atoms with van der Waals surface area (Å²) in [4.78, 5) is 19.3. The lowest BCUT2D eigenvalue weighted by atomic mass is 10.1. The fourth-order valence-corrected chi connectivity index (χ4v) is 3.12. The zero-order valence-electron chi connectivity index (χ0n) is 14.5. The summed E-state index contributed by atoms with van der Waals surface area (Å²) in [7, 11) is 1.58. The number of hydrogen-bond acceptors (Lipinski definition) is 6. The van der Waals surface area contributed by atoms with Gasteiger partial charge in [0.25, 0.3) is 5.91 Å². The van der Waals surface area contributed by atoms with Crippen LogP contribution in [0.25, 0.3) is 0 Å². The summed E-state index contributed by atoms with van der Waals surface area (Å²) in [5.41, 5.74) is 1.19. The molecule has 0 spiro atoms. The third-order valence-corrected chi connectivity index (χ3v) is 4.37. The van der Waals surface area contributed by atoms with Crippen molar-refractivity contribution in [3.8, 4) is 0 Å². The van der Waals surface area contributed by atoms with E-state index < -0.39 is 0 Å². The van der Waals surface area contributed by atoms with Crippen LogP contribution in [0.15, 0.2) is 35.0 Å². The molecule has 1 fully saturated rings. The minimum Gasteiger partial charge on any atom is -0.377 e. The van der Waals surface area contributed by atoms with Crippen LogP contribution in [0.4, 0.5) is 0 Å². The Morgan fingerprint density at radius 1 is 1.40 bits per heavy atom. The predicted octanol–water partition coefficient (Wildman–Crippen LogP) is 2.00. The van der Waals surface area contributed by atoms with Crippen molar-refractivity contribution in [3.05, 3.63) is 47.6 Å². The highest BCUT2D eigenvalue weighted by molar-refractivity contribution is 5.92. The molecule has 1 unspecified atom stereocenters. The average molecular weight is 344 g/mol. The van der Waals surface area contributed by atoms with Crippen LogP contribution in [0.5, 0.6) is 0 Å². The number of nitrogens with one attached hydrogen (secondary N) is 1. The van der Waals surface area contributed by atoms with Crippen LogP contribution >= 0.6 is 0 Å². The van der Waals surface area contributed by atoms with Gasteiger partial charge < -0.3 is 19.5 Å². The van der Waals surface area contributed by atoms with Gasteiger partial charge in [-0.2, -0.15) is 0 Å². The Kier molecular flexibility index (Phi) is 6.14. The summed E-state index contributed by atoms with van der Waals surface area (Å²) in [5.74, 6) is 0.426. The average Bonchev–Trinajstić information content (AvgIpc) is 2.94. The topological polar surface area (TPSA) is 80.5 Å². The number of pyridine rings is 1. The molecule has 1 atom stereocenters. The Morgan fingerprint density at radius 3 is 3.12 bits per heavy atom. The monoisotopic (exact) mass is 344 g/mol. The number of nitrogens with zero attached hydrogens (tertiary/aromatic N) is 3. The summed E-state index contributed by atoms with van der Waals surface area (Å²) in [5, 5.41) is 7.32. The van der Waals surface area contributed by atoms with Gasteiger partial charge in [-0.25, -0.2) is 0 Å². The van der Waals surface area contributed by atoms with Gasteiger partial charge in [-0.3, -0.25) is 9.78 Å². The number of ether oxygens (including phenoxy) is 1. The number of carbonyl (C=O) groups excluding carboxylic acids is 1. The molecule has 1 saturated heterocycles. The number of aromatic nitrogens is 2. The molecule has 25 heavy (non-hydrogen) atoms. The highest BCUT2D eigenvalue weighted by Crippen LogP contribution is 2.19. The predicted molar refractivity (Wildman–Crippen MR) is 91.8 cm³/mol. The lowest BCUT2D eigenvalue weighted by Crippen LogP contribution is -2.40. The van der Waals surface area contributed by atoms with Gasteiger partial charge >= 0.3 is 0 Å². The molecule has 0 saturated carbocycles. The van der Waals surface area contributed by atoms with E-state index in [0.29, 0.717) is 24.6 Å². The zero-order chi connectivity index (χ0) is 17.5. The first-order chi connectivity index (χ1) is 12.3. The minimum absolute atomic E-state index is 0.122. The maximum absolute atomic E-state index is 13.1. The zero-order valence-corrected chi connectivity index (χ0v) is 14.5. The van der Waals surface area contributed by atoms with E-state index in [-0.39, 0.29) is 11.9 Å². The van der Waals surface area contributed by atoms with Gasteiger partial charge in [0.05, 0.1) is 12.2 Å². The lowest BCUT2D eigenvalue weighted by molar-refractivity contribution is 0.0631. The SMILES string of the molecule is COCc1cc(C(=O)N(Cc2ccccn2)C2CCCNCC2)no1. The molecule has 2 aromatic heterocycles. The van der Waals surface area contributed by atoms with Crippen molar-refractivity contribution in [1.82, 2.24) is 20.4 Å². The van der Waals surface area contributed by atoms with Crippen molar-refractivity contribution >= 4 is 5.91 Å². The first kappa shape index (κ1) is 17.6. The minimum atomic E-state index is -0.122. The molecule has 0 aromatic carbocycles. The Labute approximate surface area is 147 Å². The second-order valence-electron chi connectivity index (χ2n) is 6.20. The van der Waals surface area contributed by atoms with E-state index in [0.717, 1.165) is 38.0 Å². The third-order valence-electron chi connectivity index (χ3n) is 4.37. The van der Waals surface area contributed by atoms with Gasteiger partial charge in [-0.05, 0) is 44.5 Å². The fraction of sp³-hybridized carbons (Fsp3) is 0.500. The van der Waals surface area contributed by atoms with E-state index in [9.17, 15) is 4.79 Å². The maximum Gasteiger partial charge on any atom is 0.276 e. The summed E-state index contributed by atoms with van der Waals surface area (Å²) in [6, 6.07) is 7.57. The van der Waals surface area contributed by atoms with Gasteiger partial charge in [0, 0.05) is 25.4 Å². The summed E-state index contributed by atoms with van der Waals surface area (Å²) < 4.78 is 10.2. The van der Waals surface area contributed by atoms with Gasteiger partial charge in [0.1, 0.15) is 6.61 Å². The van der Waals surface area contributed by atoms with Crippen LogP contribution < -0.4 is 5.32 Å². The van der Waals surface area contributed by atoms with Crippen molar-refractivity contribution in [2.24, 2.45) is 0 Å². The fourth-order valence-electron chi connectivity index (χ4n) is 3.12. The molecule has 0 aliphatic carbocycles. The Bertz CT molecular complexity index is 666. The van der Waals surface area contributed by atoms with E-state index in [1.165, 1.54) is 0 Å². The third kappa shape index (κ3) is 4.64. The molecule has 7 nitrogen and oxygen atoms in total. The highest BCUT2D eigenvalue weighted by atomic mass is 16.5. The largest absolute Gasteiger partial charge is 0.377 e. The van der Waals surface area contributed by atoms with Gasteiger partial charge in [-0.1, -0.05) is 11.2 Å². The molecule has 0 radical (unpaired) electrons. The van der Waals surface area contributed by atoms with Crippen molar-refractivity contribution in [3.63, 3.8) is 0 Å². The molecule has 134 valence electrons. The molecular weight excluding hydrogens is 320 g/mol. The number of amides is 1. The molecule has 3 heterocycles. The van der Waals surface area contributed by atoms with E-state index >= 15 is 0 Å². The number of methoxy groups -OCH3 is 1. The molecule has 1 aliphatic rings. The van der Waals surface area contributed by atoms with Gasteiger partial charge in [0.2, 0.25) is 0 Å². The van der Waals surface area contributed by atoms with E-state index in [4.69, 9.17) is 9.26 Å². The molecule has 3 rings (SSSR count). The Morgan fingerprint density at radius 2 is 2.32 bits per heavy atom. The van der Waals surface area contributed by atoms with Crippen LogP contribution in [0.3, 0.4) is 0 Å². The first-order valence-corrected chi connectivity index (χ1v) is 8.64. The number of carbonyl (C=O) groups is 1.